The van der Waals surface area contributed by atoms with Crippen LogP contribution < -0.4 is 0 Å². The van der Waals surface area contributed by atoms with Gasteiger partial charge in [0.15, 0.2) is 5.78 Å². The number of Topliss-reactive ketones (excluding diaryl/α,β-unsaturated/α-hetero) is 1. The van der Waals surface area contributed by atoms with Crippen LogP contribution in [0.1, 0.15) is 23.0 Å². The van der Waals surface area contributed by atoms with Crippen molar-refractivity contribution in [2.75, 3.05) is 0 Å². The summed E-state index contributed by atoms with van der Waals surface area (Å²) in [5.41, 5.74) is 0. The number of carbonyl (C=O) groups is 1. The third kappa shape index (κ3) is 1.55. The molecule has 2 rings (SSSR count). The number of hydrogen-bond donors (Lipinski definition) is 0. The lowest BCUT2D eigenvalue weighted by Gasteiger charge is -1.87. The molecule has 14 heavy (non-hydrogen) atoms. The normalized spacial score (nSPS) is 10.7. The molecule has 1 heterocycles. The van der Waals surface area contributed by atoms with Crippen LogP contribution in [0.15, 0.2) is 24.3 Å². The Morgan fingerprint density at radius 3 is 2.93 bits per heavy atom. The van der Waals surface area contributed by atoms with E-state index in [2.05, 4.69) is 0 Å². The Balaban J connectivity index is 2.56. The summed E-state index contributed by atoms with van der Waals surface area (Å²) in [5, 5.41) is 0.938. The Bertz CT molecular complexity index is 487. The number of ketones is 1. The van der Waals surface area contributed by atoms with Gasteiger partial charge in [-0.25, -0.2) is 4.39 Å². The fourth-order valence-electron chi connectivity index (χ4n) is 1.32. The van der Waals surface area contributed by atoms with Gasteiger partial charge in [0.05, 0.1) is 4.88 Å². The van der Waals surface area contributed by atoms with Gasteiger partial charge in [0, 0.05) is 11.1 Å². The summed E-state index contributed by atoms with van der Waals surface area (Å²) in [4.78, 5) is 12.1. The molecule has 0 unspecified atom stereocenters. The van der Waals surface area contributed by atoms with Crippen molar-refractivity contribution in [3.05, 3.63) is 35.0 Å². The Kier molecular flexibility index (Phi) is 2.33. The molecule has 0 saturated carbocycles. The van der Waals surface area contributed by atoms with Gasteiger partial charge in [-0.1, -0.05) is 13.0 Å². The van der Waals surface area contributed by atoms with Crippen LogP contribution in [0.25, 0.3) is 10.1 Å². The van der Waals surface area contributed by atoms with Crippen LogP contribution in [0.5, 0.6) is 0 Å². The highest BCUT2D eigenvalue weighted by atomic mass is 32.1. The molecule has 0 N–H and O–H groups in total. The van der Waals surface area contributed by atoms with Gasteiger partial charge < -0.3 is 0 Å². The van der Waals surface area contributed by atoms with E-state index in [9.17, 15) is 9.18 Å². The zero-order valence-corrected chi connectivity index (χ0v) is 8.53. The topological polar surface area (TPSA) is 17.1 Å². The maximum atomic E-state index is 12.9. The SMILES string of the molecule is CCC(=O)c1cc2ccc(F)cc2s1. The predicted octanol–water partition coefficient (Wildman–Crippen LogP) is 3.63. The van der Waals surface area contributed by atoms with Gasteiger partial charge in [-0.3, -0.25) is 4.79 Å². The molecule has 2 aromatic rings. The van der Waals surface area contributed by atoms with Crippen LogP contribution in [0.4, 0.5) is 4.39 Å². The molecule has 0 atom stereocenters. The summed E-state index contributed by atoms with van der Waals surface area (Å²) >= 11 is 1.35. The molecule has 1 aromatic carbocycles. The number of halogens is 1. The van der Waals surface area contributed by atoms with Crippen molar-refractivity contribution in [3.8, 4) is 0 Å². The molecule has 1 aromatic heterocycles. The number of thiophene rings is 1. The minimum atomic E-state index is -0.255. The number of benzene rings is 1. The van der Waals surface area contributed by atoms with Crippen LogP contribution in [0, 0.1) is 5.82 Å². The van der Waals surface area contributed by atoms with E-state index in [-0.39, 0.29) is 11.6 Å². The molecule has 0 bridgehead atoms. The van der Waals surface area contributed by atoms with Crippen LogP contribution >= 0.6 is 11.3 Å². The zero-order valence-electron chi connectivity index (χ0n) is 7.71. The van der Waals surface area contributed by atoms with Gasteiger partial charge in [-0.05, 0) is 23.6 Å². The van der Waals surface area contributed by atoms with E-state index < -0.39 is 0 Å². The van der Waals surface area contributed by atoms with E-state index in [0.717, 1.165) is 10.1 Å². The molecule has 3 heteroatoms. The first-order valence-electron chi connectivity index (χ1n) is 4.43. The molecule has 0 aliphatic rings. The maximum Gasteiger partial charge on any atom is 0.172 e. The van der Waals surface area contributed by atoms with Gasteiger partial charge in [-0.2, -0.15) is 0 Å². The summed E-state index contributed by atoms with van der Waals surface area (Å²) in [6.07, 6.45) is 0.495. The smallest absolute Gasteiger partial charge is 0.172 e. The first-order valence-corrected chi connectivity index (χ1v) is 5.24. The Labute approximate surface area is 85.2 Å². The van der Waals surface area contributed by atoms with Crippen molar-refractivity contribution in [1.82, 2.24) is 0 Å². The summed E-state index contributed by atoms with van der Waals surface area (Å²) in [6, 6.07) is 6.40. The van der Waals surface area contributed by atoms with Crippen LogP contribution in [0.3, 0.4) is 0 Å². The van der Waals surface area contributed by atoms with Gasteiger partial charge in [0.2, 0.25) is 0 Å². The molecule has 0 aliphatic carbocycles. The number of carbonyl (C=O) groups excluding carboxylic acids is 1. The van der Waals surface area contributed by atoms with E-state index in [1.54, 1.807) is 6.07 Å². The Hall–Kier alpha value is -1.22. The highest BCUT2D eigenvalue weighted by molar-refractivity contribution is 7.20. The van der Waals surface area contributed by atoms with Crippen molar-refractivity contribution in [2.45, 2.75) is 13.3 Å². The first-order chi connectivity index (χ1) is 6.70. The number of rotatable bonds is 2. The largest absolute Gasteiger partial charge is 0.293 e. The average Bonchev–Trinajstić information content (AvgIpc) is 2.59. The lowest BCUT2D eigenvalue weighted by Crippen LogP contribution is -1.90. The Morgan fingerprint density at radius 2 is 2.21 bits per heavy atom. The third-order valence-corrected chi connectivity index (χ3v) is 3.22. The van der Waals surface area contributed by atoms with Gasteiger partial charge in [0.1, 0.15) is 5.82 Å². The minimum absolute atomic E-state index is 0.117. The fourth-order valence-corrected chi connectivity index (χ4v) is 2.41. The highest BCUT2D eigenvalue weighted by Gasteiger charge is 2.08. The molecule has 72 valence electrons. The lowest BCUT2D eigenvalue weighted by atomic mass is 10.2. The van der Waals surface area contributed by atoms with Crippen molar-refractivity contribution < 1.29 is 9.18 Å². The van der Waals surface area contributed by atoms with Crippen LogP contribution in [0.2, 0.25) is 0 Å². The summed E-state index contributed by atoms with van der Waals surface area (Å²) in [7, 11) is 0. The molecular weight excluding hydrogens is 199 g/mol. The van der Waals surface area contributed by atoms with E-state index in [1.807, 2.05) is 13.0 Å². The number of hydrogen-bond acceptors (Lipinski definition) is 2. The zero-order chi connectivity index (χ0) is 10.1. The molecule has 1 nitrogen and oxygen atoms in total. The van der Waals surface area contributed by atoms with E-state index in [1.165, 1.54) is 23.5 Å². The second kappa shape index (κ2) is 3.50. The predicted molar refractivity (Wildman–Crippen MR) is 56.4 cm³/mol. The third-order valence-electron chi connectivity index (χ3n) is 2.08. The van der Waals surface area contributed by atoms with Gasteiger partial charge in [-0.15, -0.1) is 11.3 Å². The highest BCUT2D eigenvalue weighted by Crippen LogP contribution is 2.27. The van der Waals surface area contributed by atoms with E-state index in [0.29, 0.717) is 11.3 Å². The van der Waals surface area contributed by atoms with Gasteiger partial charge >= 0.3 is 0 Å². The average molecular weight is 208 g/mol. The molecule has 0 aliphatic heterocycles. The molecule has 0 saturated heterocycles. The molecule has 0 fully saturated rings. The minimum Gasteiger partial charge on any atom is -0.293 e. The van der Waals surface area contributed by atoms with Gasteiger partial charge in [0.25, 0.3) is 0 Å². The van der Waals surface area contributed by atoms with Crippen LogP contribution in [-0.4, -0.2) is 5.78 Å². The monoisotopic (exact) mass is 208 g/mol. The second-order valence-electron chi connectivity index (χ2n) is 3.07. The number of fused-ring (bicyclic) bond motifs is 1. The molecular formula is C11H9FOS. The lowest BCUT2D eigenvalue weighted by molar-refractivity contribution is 0.0992. The van der Waals surface area contributed by atoms with E-state index in [4.69, 9.17) is 0 Å². The second-order valence-corrected chi connectivity index (χ2v) is 4.15. The Morgan fingerprint density at radius 1 is 1.43 bits per heavy atom. The van der Waals surface area contributed by atoms with Crippen LogP contribution in [-0.2, 0) is 0 Å². The van der Waals surface area contributed by atoms with Crippen molar-refractivity contribution >= 4 is 27.2 Å². The van der Waals surface area contributed by atoms with Crippen molar-refractivity contribution in [2.24, 2.45) is 0 Å². The quantitative estimate of drug-likeness (QED) is 0.689. The maximum absolute atomic E-state index is 12.9. The summed E-state index contributed by atoms with van der Waals surface area (Å²) in [6.45, 7) is 1.83. The fraction of sp³-hybridized carbons (Fsp3) is 0.182. The summed E-state index contributed by atoms with van der Waals surface area (Å²) < 4.78 is 13.7. The van der Waals surface area contributed by atoms with E-state index >= 15 is 0 Å². The van der Waals surface area contributed by atoms with Crippen molar-refractivity contribution in [3.63, 3.8) is 0 Å². The van der Waals surface area contributed by atoms with Crippen molar-refractivity contribution in [1.29, 1.82) is 0 Å². The summed E-state index contributed by atoms with van der Waals surface area (Å²) in [5.74, 6) is -0.138. The first kappa shape index (κ1) is 9.34. The molecule has 0 spiro atoms. The standard InChI is InChI=1S/C11H9FOS/c1-2-9(13)11-5-7-3-4-8(12)6-10(7)14-11/h3-6H,2H2,1H3. The molecule has 0 amide bonds. The molecule has 0 radical (unpaired) electrons.